The average molecular weight is 531 g/mol. The Balaban J connectivity index is 1.42. The van der Waals surface area contributed by atoms with Gasteiger partial charge in [0.25, 0.3) is 5.91 Å². The van der Waals surface area contributed by atoms with Crippen LogP contribution in [0.4, 0.5) is 5.69 Å². The van der Waals surface area contributed by atoms with E-state index in [0.717, 1.165) is 26.9 Å². The second-order valence-corrected chi connectivity index (χ2v) is 10.7. The lowest BCUT2D eigenvalue weighted by molar-refractivity contribution is -0.137. The number of hydrogen-bond donors (Lipinski definition) is 2. The minimum absolute atomic E-state index is 0.0930. The molecule has 5 rings (SSSR count). The minimum Gasteiger partial charge on any atom is -0.361 e. The third-order valence-corrected chi connectivity index (χ3v) is 7.67. The summed E-state index contributed by atoms with van der Waals surface area (Å²) in [4.78, 5) is 45.6. The normalized spacial score (nSPS) is 15.8. The number of nitrogens with two attached hydrogens (primary N) is 1. The van der Waals surface area contributed by atoms with Gasteiger partial charge >= 0.3 is 0 Å². The molecule has 0 radical (unpaired) electrons. The van der Waals surface area contributed by atoms with Gasteiger partial charge < -0.3 is 9.88 Å². The van der Waals surface area contributed by atoms with E-state index in [0.29, 0.717) is 6.42 Å². The fourth-order valence-corrected chi connectivity index (χ4v) is 5.34. The first-order valence-corrected chi connectivity index (χ1v) is 13.6. The Labute approximate surface area is 219 Å². The van der Waals surface area contributed by atoms with Crippen molar-refractivity contribution in [3.63, 3.8) is 0 Å². The highest BCUT2D eigenvalue weighted by molar-refractivity contribution is 7.89. The maximum Gasteiger partial charge on any atom is 0.257 e. The lowest BCUT2D eigenvalue weighted by Gasteiger charge is -2.28. The van der Waals surface area contributed by atoms with Crippen molar-refractivity contribution >= 4 is 44.3 Å². The summed E-state index contributed by atoms with van der Waals surface area (Å²) in [6.45, 7) is 0.245. The van der Waals surface area contributed by atoms with Crippen LogP contribution in [0, 0.1) is 0 Å². The Kier molecular flexibility index (Phi) is 6.83. The first-order valence-electron chi connectivity index (χ1n) is 12.1. The van der Waals surface area contributed by atoms with Crippen LogP contribution in [0.1, 0.15) is 17.5 Å². The molecule has 1 aliphatic rings. The Morgan fingerprint density at radius 3 is 2.37 bits per heavy atom. The minimum atomic E-state index is -3.92. The Morgan fingerprint density at radius 2 is 1.66 bits per heavy atom. The molecule has 2 heterocycles. The molecule has 0 saturated carbocycles. The van der Waals surface area contributed by atoms with Crippen LogP contribution in [0.25, 0.3) is 10.9 Å². The van der Waals surface area contributed by atoms with Crippen LogP contribution >= 0.6 is 0 Å². The van der Waals surface area contributed by atoms with E-state index in [1.165, 1.54) is 29.2 Å². The summed E-state index contributed by atoms with van der Waals surface area (Å²) in [7, 11) is -3.92. The number of carbonyl (C=O) groups excluding carboxylic acids is 3. The van der Waals surface area contributed by atoms with Gasteiger partial charge in [0, 0.05) is 23.6 Å². The summed E-state index contributed by atoms with van der Waals surface area (Å²) in [5.74, 6) is -1.25. The number of fused-ring (bicyclic) bond motifs is 1. The molecule has 1 aromatic heterocycles. The van der Waals surface area contributed by atoms with E-state index in [2.05, 4.69) is 4.98 Å². The lowest BCUT2D eigenvalue weighted by Crippen LogP contribution is -2.47. The second kappa shape index (κ2) is 10.2. The standard InChI is InChI=1S/C28H26N4O5S/c29-38(36,37)22-12-10-21(11-13-22)32-27(34)17-25(28(32)35)31(26(33)16-19-6-2-1-3-7-19)15-14-20-18-30-24-9-5-4-8-23(20)24/h1-13,18,25,30H,14-17H2,(H2,29,36,37). The Hall–Kier alpha value is -4.28. The number of carbonyl (C=O) groups is 3. The summed E-state index contributed by atoms with van der Waals surface area (Å²) in [6, 6.07) is 21.3. The molecule has 38 heavy (non-hydrogen) atoms. The van der Waals surface area contributed by atoms with Gasteiger partial charge in [0.2, 0.25) is 21.8 Å². The summed E-state index contributed by atoms with van der Waals surface area (Å²) >= 11 is 0. The van der Waals surface area contributed by atoms with Gasteiger partial charge in [0.15, 0.2) is 0 Å². The van der Waals surface area contributed by atoms with E-state index in [9.17, 15) is 22.8 Å². The van der Waals surface area contributed by atoms with Gasteiger partial charge in [-0.15, -0.1) is 0 Å². The van der Waals surface area contributed by atoms with Gasteiger partial charge in [-0.3, -0.25) is 14.4 Å². The van der Waals surface area contributed by atoms with E-state index in [1.807, 2.05) is 60.8 Å². The van der Waals surface area contributed by atoms with Crippen molar-refractivity contribution in [1.29, 1.82) is 0 Å². The number of benzene rings is 3. The maximum absolute atomic E-state index is 13.5. The summed E-state index contributed by atoms with van der Waals surface area (Å²) < 4.78 is 23.2. The predicted octanol–water partition coefficient (Wildman–Crippen LogP) is 2.76. The van der Waals surface area contributed by atoms with E-state index < -0.39 is 27.9 Å². The summed E-state index contributed by atoms with van der Waals surface area (Å²) in [5.41, 5.74) is 3.01. The molecule has 1 aliphatic heterocycles. The predicted molar refractivity (Wildman–Crippen MR) is 143 cm³/mol. The Morgan fingerprint density at radius 1 is 0.974 bits per heavy atom. The molecule has 9 nitrogen and oxygen atoms in total. The molecule has 1 fully saturated rings. The van der Waals surface area contributed by atoms with Gasteiger partial charge in [-0.2, -0.15) is 0 Å². The molecule has 10 heteroatoms. The van der Waals surface area contributed by atoms with Crippen molar-refractivity contribution in [1.82, 2.24) is 9.88 Å². The zero-order chi connectivity index (χ0) is 26.9. The Bertz CT molecular complexity index is 1610. The van der Waals surface area contributed by atoms with Crippen molar-refractivity contribution < 1.29 is 22.8 Å². The van der Waals surface area contributed by atoms with Crippen LogP contribution in [0.3, 0.4) is 0 Å². The first-order chi connectivity index (χ1) is 18.2. The number of H-pyrrole nitrogens is 1. The molecule has 194 valence electrons. The number of para-hydroxylation sites is 1. The highest BCUT2D eigenvalue weighted by atomic mass is 32.2. The van der Waals surface area contributed by atoms with Crippen LogP contribution < -0.4 is 10.0 Å². The van der Waals surface area contributed by atoms with E-state index in [4.69, 9.17) is 5.14 Å². The van der Waals surface area contributed by atoms with Crippen LogP contribution in [0.5, 0.6) is 0 Å². The summed E-state index contributed by atoms with van der Waals surface area (Å²) in [6.07, 6.45) is 2.32. The van der Waals surface area contributed by atoms with Crippen molar-refractivity contribution in [2.24, 2.45) is 5.14 Å². The van der Waals surface area contributed by atoms with Gasteiger partial charge in [-0.05, 0) is 47.9 Å². The number of anilines is 1. The molecule has 1 atom stereocenters. The summed E-state index contributed by atoms with van der Waals surface area (Å²) in [5, 5.41) is 6.20. The molecule has 1 unspecified atom stereocenters. The monoisotopic (exact) mass is 530 g/mol. The molecule has 0 bridgehead atoms. The maximum atomic E-state index is 13.5. The molecule has 3 aromatic carbocycles. The molecule has 4 aromatic rings. The van der Waals surface area contributed by atoms with Gasteiger partial charge in [-0.1, -0.05) is 48.5 Å². The van der Waals surface area contributed by atoms with Crippen molar-refractivity contribution in [3.05, 3.63) is 96.2 Å². The van der Waals surface area contributed by atoms with Crippen LogP contribution in [0.2, 0.25) is 0 Å². The molecular weight excluding hydrogens is 504 g/mol. The second-order valence-electron chi connectivity index (χ2n) is 9.19. The van der Waals surface area contributed by atoms with Crippen molar-refractivity contribution in [2.75, 3.05) is 11.4 Å². The quantitative estimate of drug-likeness (QED) is 0.338. The number of primary sulfonamides is 1. The number of sulfonamides is 1. The lowest BCUT2D eigenvalue weighted by atomic mass is 10.1. The number of aromatic nitrogens is 1. The molecule has 3 N–H and O–H groups in total. The van der Waals surface area contributed by atoms with E-state index in [-0.39, 0.29) is 35.9 Å². The smallest absolute Gasteiger partial charge is 0.257 e. The average Bonchev–Trinajstić information content (AvgIpc) is 3.44. The van der Waals surface area contributed by atoms with E-state index >= 15 is 0 Å². The van der Waals surface area contributed by atoms with Gasteiger partial charge in [0.1, 0.15) is 6.04 Å². The van der Waals surface area contributed by atoms with Crippen molar-refractivity contribution in [3.8, 4) is 0 Å². The number of imide groups is 1. The highest BCUT2D eigenvalue weighted by Gasteiger charge is 2.44. The molecule has 0 aliphatic carbocycles. The van der Waals surface area contributed by atoms with E-state index in [1.54, 1.807) is 0 Å². The highest BCUT2D eigenvalue weighted by Crippen LogP contribution is 2.28. The van der Waals surface area contributed by atoms with Crippen molar-refractivity contribution in [2.45, 2.75) is 30.2 Å². The van der Waals surface area contributed by atoms with Gasteiger partial charge in [-0.25, -0.2) is 18.5 Å². The zero-order valence-corrected chi connectivity index (χ0v) is 21.2. The first kappa shape index (κ1) is 25.4. The number of amides is 3. The van der Waals surface area contributed by atoms with Crippen LogP contribution in [-0.4, -0.2) is 48.6 Å². The third kappa shape index (κ3) is 5.09. The number of nitrogens with zero attached hydrogens (tertiary/aromatic N) is 2. The fraction of sp³-hybridized carbons (Fsp3) is 0.179. The number of rotatable bonds is 8. The van der Waals surface area contributed by atoms with Crippen LogP contribution in [-0.2, 0) is 37.2 Å². The molecule has 1 saturated heterocycles. The van der Waals surface area contributed by atoms with Crippen LogP contribution in [0.15, 0.2) is 90.0 Å². The number of nitrogens with one attached hydrogen (secondary N) is 1. The molecule has 0 spiro atoms. The number of hydrogen-bond acceptors (Lipinski definition) is 5. The number of aromatic amines is 1. The topological polar surface area (TPSA) is 134 Å². The molecular formula is C28H26N4O5S. The molecule has 3 amide bonds. The SMILES string of the molecule is NS(=O)(=O)c1ccc(N2C(=O)CC(N(CCc3c[nH]c4ccccc34)C(=O)Cc3ccccc3)C2=O)cc1. The third-order valence-electron chi connectivity index (χ3n) is 6.74. The largest absolute Gasteiger partial charge is 0.361 e. The van der Waals surface area contributed by atoms with Gasteiger partial charge in [0.05, 0.1) is 23.4 Å². The fourth-order valence-electron chi connectivity index (χ4n) is 4.82. The zero-order valence-electron chi connectivity index (χ0n) is 20.4.